The minimum absolute atomic E-state index is 0.179. The molecule has 122 valence electrons. The summed E-state index contributed by atoms with van der Waals surface area (Å²) in [5.41, 5.74) is 6.28. The summed E-state index contributed by atoms with van der Waals surface area (Å²) in [7, 11) is 0. The highest BCUT2D eigenvalue weighted by Crippen LogP contribution is 2.13. The van der Waals surface area contributed by atoms with E-state index in [0.29, 0.717) is 0 Å². The minimum atomic E-state index is -0.179. The van der Waals surface area contributed by atoms with E-state index in [9.17, 15) is 4.79 Å². The number of aromatic nitrogens is 2. The van der Waals surface area contributed by atoms with E-state index in [1.165, 1.54) is 0 Å². The molecule has 3 aromatic rings. The molecule has 1 amide bonds. The maximum atomic E-state index is 12.2. The van der Waals surface area contributed by atoms with Crippen LogP contribution in [-0.4, -0.2) is 21.2 Å². The molecule has 0 radical (unpaired) electrons. The number of nitrogens with zero attached hydrogens (tertiary/aromatic N) is 3. The van der Waals surface area contributed by atoms with Gasteiger partial charge in [-0.15, -0.1) is 0 Å². The summed E-state index contributed by atoms with van der Waals surface area (Å²) in [6, 6.07) is 15.6. The lowest BCUT2D eigenvalue weighted by Crippen LogP contribution is -2.24. The molecule has 0 aliphatic carbocycles. The molecule has 0 aliphatic rings. The zero-order chi connectivity index (χ0) is 16.9. The molecule has 0 atom stereocenters. The van der Waals surface area contributed by atoms with Crippen molar-refractivity contribution in [3.8, 4) is 0 Å². The monoisotopic (exact) mass is 384 g/mol. The van der Waals surface area contributed by atoms with Gasteiger partial charge in [-0.1, -0.05) is 47.1 Å². The minimum Gasteiger partial charge on any atom is -0.321 e. The van der Waals surface area contributed by atoms with Crippen molar-refractivity contribution in [2.75, 3.05) is 0 Å². The van der Waals surface area contributed by atoms with E-state index < -0.39 is 0 Å². The van der Waals surface area contributed by atoms with Crippen LogP contribution in [0.25, 0.3) is 11.0 Å². The molecule has 1 aromatic heterocycles. The number of halogens is 1. The first-order chi connectivity index (χ1) is 11.7. The number of hydrogen-bond donors (Lipinski definition) is 1. The van der Waals surface area contributed by atoms with Crippen LogP contribution in [0.2, 0.25) is 0 Å². The van der Waals surface area contributed by atoms with Crippen LogP contribution in [-0.2, 0) is 11.3 Å². The Morgan fingerprint density at radius 2 is 1.96 bits per heavy atom. The van der Waals surface area contributed by atoms with Gasteiger partial charge in [0.05, 0.1) is 23.1 Å². The molecule has 0 spiro atoms. The molecular weight excluding hydrogens is 368 g/mol. The topological polar surface area (TPSA) is 59.3 Å². The van der Waals surface area contributed by atoms with Crippen molar-refractivity contribution >= 4 is 38.6 Å². The van der Waals surface area contributed by atoms with E-state index in [4.69, 9.17) is 0 Å². The molecule has 0 saturated carbocycles. The molecule has 1 heterocycles. The van der Waals surface area contributed by atoms with Crippen LogP contribution in [0.5, 0.6) is 0 Å². The zero-order valence-electron chi connectivity index (χ0n) is 13.2. The predicted octanol–water partition coefficient (Wildman–Crippen LogP) is 3.73. The molecule has 0 saturated heterocycles. The number of amides is 1. The van der Waals surface area contributed by atoms with E-state index in [-0.39, 0.29) is 12.5 Å². The molecule has 0 fully saturated rings. The van der Waals surface area contributed by atoms with Crippen LogP contribution in [0.3, 0.4) is 0 Å². The highest BCUT2D eigenvalue weighted by atomic mass is 79.9. The molecule has 0 bridgehead atoms. The van der Waals surface area contributed by atoms with Crippen molar-refractivity contribution in [3.63, 3.8) is 0 Å². The molecular formula is C18H17BrN4O. The maximum absolute atomic E-state index is 12.2. The Kier molecular flexibility index (Phi) is 5.05. The molecule has 0 aliphatic heterocycles. The zero-order valence-corrected chi connectivity index (χ0v) is 14.8. The first kappa shape index (κ1) is 16.4. The summed E-state index contributed by atoms with van der Waals surface area (Å²) in [6.45, 7) is 2.19. The fourth-order valence-electron chi connectivity index (χ4n) is 2.45. The Bertz CT molecular complexity index is 883. The van der Waals surface area contributed by atoms with Gasteiger partial charge >= 0.3 is 0 Å². The first-order valence-corrected chi connectivity index (χ1v) is 8.48. The number of carbonyl (C=O) groups is 1. The van der Waals surface area contributed by atoms with Gasteiger partial charge in [-0.3, -0.25) is 4.79 Å². The average molecular weight is 385 g/mol. The van der Waals surface area contributed by atoms with Crippen molar-refractivity contribution < 1.29 is 4.79 Å². The second kappa shape index (κ2) is 7.40. The van der Waals surface area contributed by atoms with Gasteiger partial charge in [0.15, 0.2) is 0 Å². The Labute approximate surface area is 148 Å². The number of carbonyl (C=O) groups excluding carboxylic acids is 1. The number of imidazole rings is 1. The number of benzene rings is 2. The fourth-order valence-corrected chi connectivity index (χ4v) is 2.71. The first-order valence-electron chi connectivity index (χ1n) is 7.68. The lowest BCUT2D eigenvalue weighted by atomic mass is 10.1. The second-order valence-electron chi connectivity index (χ2n) is 5.32. The van der Waals surface area contributed by atoms with Crippen molar-refractivity contribution in [1.82, 2.24) is 15.0 Å². The number of rotatable bonds is 5. The SMILES string of the molecule is CC/C(=N/NC(=O)Cn1cnc2ccccc21)c1ccc(Br)cc1. The summed E-state index contributed by atoms with van der Waals surface area (Å²) in [4.78, 5) is 16.5. The number of hydrazone groups is 1. The maximum Gasteiger partial charge on any atom is 0.260 e. The summed E-state index contributed by atoms with van der Waals surface area (Å²) in [5, 5.41) is 4.27. The van der Waals surface area contributed by atoms with E-state index in [2.05, 4.69) is 31.4 Å². The van der Waals surface area contributed by atoms with Crippen molar-refractivity contribution in [2.45, 2.75) is 19.9 Å². The molecule has 1 N–H and O–H groups in total. The third-order valence-electron chi connectivity index (χ3n) is 3.67. The standard InChI is InChI=1S/C18H17BrN4O/c1-2-15(13-7-9-14(19)10-8-13)21-22-18(24)11-23-12-20-16-5-3-4-6-17(16)23/h3-10,12H,2,11H2,1H3,(H,22,24)/b21-15-. The predicted molar refractivity (Wildman–Crippen MR) is 98.8 cm³/mol. The van der Waals surface area contributed by atoms with Crippen LogP contribution in [0.15, 0.2) is 64.4 Å². The Hall–Kier alpha value is -2.47. The van der Waals surface area contributed by atoms with Crippen LogP contribution >= 0.6 is 15.9 Å². The third kappa shape index (κ3) is 3.71. The normalized spacial score (nSPS) is 11.7. The summed E-state index contributed by atoms with van der Waals surface area (Å²) in [5.74, 6) is -0.179. The largest absolute Gasteiger partial charge is 0.321 e. The van der Waals surface area contributed by atoms with E-state index in [0.717, 1.165) is 33.2 Å². The number of para-hydroxylation sites is 2. The van der Waals surface area contributed by atoms with Gasteiger partial charge in [-0.2, -0.15) is 5.10 Å². The Balaban J connectivity index is 1.70. The van der Waals surface area contributed by atoms with Crippen LogP contribution in [0.1, 0.15) is 18.9 Å². The van der Waals surface area contributed by atoms with Crippen molar-refractivity contribution in [1.29, 1.82) is 0 Å². The summed E-state index contributed by atoms with van der Waals surface area (Å²) < 4.78 is 2.82. The van der Waals surface area contributed by atoms with Gasteiger partial charge in [0.25, 0.3) is 5.91 Å². The lowest BCUT2D eigenvalue weighted by molar-refractivity contribution is -0.121. The van der Waals surface area contributed by atoms with E-state index >= 15 is 0 Å². The molecule has 6 heteroatoms. The van der Waals surface area contributed by atoms with E-state index in [1.54, 1.807) is 6.33 Å². The molecule has 3 rings (SSSR count). The van der Waals surface area contributed by atoms with Gasteiger partial charge in [-0.05, 0) is 36.2 Å². The van der Waals surface area contributed by atoms with E-state index in [1.807, 2.05) is 60.0 Å². The highest BCUT2D eigenvalue weighted by Gasteiger charge is 2.07. The average Bonchev–Trinajstić information content (AvgIpc) is 3.00. The molecule has 0 unspecified atom stereocenters. The van der Waals surface area contributed by atoms with Crippen molar-refractivity contribution in [2.24, 2.45) is 5.10 Å². The summed E-state index contributed by atoms with van der Waals surface area (Å²) >= 11 is 3.41. The Morgan fingerprint density at radius 1 is 1.21 bits per heavy atom. The van der Waals surface area contributed by atoms with Gasteiger partial charge < -0.3 is 4.57 Å². The Morgan fingerprint density at radius 3 is 2.71 bits per heavy atom. The molecule has 5 nitrogen and oxygen atoms in total. The van der Waals surface area contributed by atoms with Crippen LogP contribution in [0, 0.1) is 0 Å². The number of fused-ring (bicyclic) bond motifs is 1. The van der Waals surface area contributed by atoms with Gasteiger partial charge in [0.1, 0.15) is 6.54 Å². The molecule has 2 aromatic carbocycles. The quantitative estimate of drug-likeness (QED) is 0.538. The summed E-state index contributed by atoms with van der Waals surface area (Å²) in [6.07, 6.45) is 2.40. The van der Waals surface area contributed by atoms with Gasteiger partial charge in [0, 0.05) is 4.47 Å². The van der Waals surface area contributed by atoms with Crippen molar-refractivity contribution in [3.05, 3.63) is 64.9 Å². The van der Waals surface area contributed by atoms with Crippen LogP contribution in [0.4, 0.5) is 0 Å². The number of hydrogen-bond acceptors (Lipinski definition) is 3. The lowest BCUT2D eigenvalue weighted by Gasteiger charge is -2.06. The van der Waals surface area contributed by atoms with Gasteiger partial charge in [0.2, 0.25) is 0 Å². The van der Waals surface area contributed by atoms with Crippen LogP contribution < -0.4 is 5.43 Å². The second-order valence-corrected chi connectivity index (χ2v) is 6.23. The van der Waals surface area contributed by atoms with Gasteiger partial charge in [-0.25, -0.2) is 10.4 Å². The third-order valence-corrected chi connectivity index (χ3v) is 4.20. The fraction of sp³-hybridized carbons (Fsp3) is 0.167. The smallest absolute Gasteiger partial charge is 0.260 e. The number of nitrogens with one attached hydrogen (secondary N) is 1. The molecule has 24 heavy (non-hydrogen) atoms. The highest BCUT2D eigenvalue weighted by molar-refractivity contribution is 9.10.